The van der Waals surface area contributed by atoms with Crippen LogP contribution in [-0.2, 0) is 30.4 Å². The van der Waals surface area contributed by atoms with Crippen molar-refractivity contribution in [3.8, 4) is 11.5 Å². The normalized spacial score (nSPS) is 12.5. The Morgan fingerprint density at radius 2 is 1.10 bits per heavy atom. The summed E-state index contributed by atoms with van der Waals surface area (Å²) in [6, 6.07) is 19.1. The Balaban J connectivity index is 1.37. The second kappa shape index (κ2) is 16.0. The average Bonchev–Trinajstić information content (AvgIpc) is 3.16. The fourth-order valence-corrected chi connectivity index (χ4v) is 7.36. The molecule has 0 unspecified atom stereocenters. The number of azo groups is 3. The summed E-state index contributed by atoms with van der Waals surface area (Å²) < 4.78 is 105. The number of phenolic OH excluding ortho intramolecular Hbond substituents is 2. The maximum Gasteiger partial charge on any atom is 0.296 e. The molecule has 0 amide bonds. The highest BCUT2D eigenvalue weighted by Crippen LogP contribution is 2.48. The fraction of sp³-hybridized carbons (Fsp3) is 0. The lowest BCUT2D eigenvalue weighted by molar-refractivity contribution is -0.384. The van der Waals surface area contributed by atoms with Crippen LogP contribution in [0.1, 0.15) is 0 Å². The molecule has 0 aliphatic heterocycles. The van der Waals surface area contributed by atoms with Gasteiger partial charge in [-0.15, -0.1) is 15.3 Å². The molecule has 0 saturated heterocycles. The second-order valence-corrected chi connectivity index (χ2v) is 16.4. The first kappa shape index (κ1) is 42.1. The van der Waals surface area contributed by atoms with Gasteiger partial charge in [0.2, 0.25) is 0 Å². The molecule has 0 aliphatic rings. The predicted molar refractivity (Wildman–Crippen MR) is 214 cm³/mol. The molecule has 0 spiro atoms. The van der Waals surface area contributed by atoms with Crippen LogP contribution in [0.25, 0.3) is 10.8 Å². The molecule has 0 saturated carbocycles. The number of phenols is 2. The number of nitro groups is 1. The Morgan fingerprint density at radius 3 is 1.67 bits per heavy atom. The van der Waals surface area contributed by atoms with Gasteiger partial charge >= 0.3 is 0 Å². The number of fused-ring (bicyclic) bond motifs is 1. The van der Waals surface area contributed by atoms with Crippen LogP contribution < -0.4 is 16.8 Å². The van der Waals surface area contributed by atoms with Gasteiger partial charge in [-0.25, -0.2) is 0 Å². The van der Waals surface area contributed by atoms with E-state index in [2.05, 4.69) is 36.0 Å². The number of benzene rings is 6. The number of nitrogens with zero attached hydrogens (tertiary/aromatic N) is 7. The Kier molecular flexibility index (Phi) is 11.3. The van der Waals surface area contributed by atoms with Crippen molar-refractivity contribution in [1.29, 1.82) is 0 Å². The van der Waals surface area contributed by atoms with Crippen LogP contribution in [0, 0.1) is 10.1 Å². The Morgan fingerprint density at radius 1 is 0.583 bits per heavy atom. The summed E-state index contributed by atoms with van der Waals surface area (Å²) in [6.07, 6.45) is 0. The zero-order valence-corrected chi connectivity index (χ0v) is 32.2. The highest BCUT2D eigenvalue weighted by molar-refractivity contribution is 7.86. The molecule has 60 heavy (non-hydrogen) atoms. The molecule has 0 heterocycles. The molecule has 0 bridgehead atoms. The van der Waals surface area contributed by atoms with Crippen molar-refractivity contribution in [2.45, 2.75) is 14.7 Å². The van der Waals surface area contributed by atoms with Gasteiger partial charge in [0.15, 0.2) is 5.75 Å². The van der Waals surface area contributed by atoms with Crippen molar-refractivity contribution in [2.24, 2.45) is 30.7 Å². The van der Waals surface area contributed by atoms with Gasteiger partial charge in [-0.05, 0) is 84.2 Å². The molecule has 0 radical (unpaired) electrons. The van der Waals surface area contributed by atoms with Gasteiger partial charge in [0.25, 0.3) is 36.0 Å². The molecule has 0 fully saturated rings. The third kappa shape index (κ3) is 9.28. The zero-order valence-electron chi connectivity index (χ0n) is 29.7. The van der Waals surface area contributed by atoms with Crippen LogP contribution in [0.2, 0.25) is 0 Å². The molecular formula is C34H26N10O13S3. The van der Waals surface area contributed by atoms with Crippen LogP contribution in [0.5, 0.6) is 11.5 Å². The predicted octanol–water partition coefficient (Wildman–Crippen LogP) is 8.05. The monoisotopic (exact) mass is 878 g/mol. The maximum absolute atomic E-state index is 12.5. The quantitative estimate of drug-likeness (QED) is 0.0189. The first-order valence-corrected chi connectivity index (χ1v) is 20.6. The molecule has 23 nitrogen and oxygen atoms in total. The molecule has 308 valence electrons. The van der Waals surface area contributed by atoms with Crippen molar-refractivity contribution in [1.82, 2.24) is 0 Å². The third-order valence-corrected chi connectivity index (χ3v) is 10.8. The number of nitrogens with one attached hydrogen (secondary N) is 1. The molecule has 0 aromatic heterocycles. The number of nitro benzene ring substituents is 1. The minimum atomic E-state index is -5.27. The van der Waals surface area contributed by atoms with E-state index in [9.17, 15) is 59.2 Å². The van der Waals surface area contributed by atoms with E-state index in [0.29, 0.717) is 29.2 Å². The number of anilines is 4. The van der Waals surface area contributed by atoms with Crippen molar-refractivity contribution in [3.63, 3.8) is 0 Å². The SMILES string of the molecule is Nc1cc(O)ccc1/N=N/c1ccc(Nc2ccc(/N=N/c3c(S(=O)(=O)O)cc4cc(S(=O)(=O)O)c(/N=N/c5ccc([N+](=O)[O-])cc5)c(O)c4c3N)cc2S(=O)(=O)O)cc1. The number of hydrogen-bond donors (Lipinski definition) is 8. The summed E-state index contributed by atoms with van der Waals surface area (Å²) in [5.41, 5.74) is 9.90. The van der Waals surface area contributed by atoms with Gasteiger partial charge in [0.1, 0.15) is 37.5 Å². The number of non-ortho nitro benzene ring substituents is 1. The average molecular weight is 879 g/mol. The summed E-state index contributed by atoms with van der Waals surface area (Å²) in [4.78, 5) is 7.42. The molecular weight excluding hydrogens is 853 g/mol. The van der Waals surface area contributed by atoms with Gasteiger partial charge in [-0.1, -0.05) is 0 Å². The van der Waals surface area contributed by atoms with Crippen LogP contribution >= 0.6 is 0 Å². The number of nitrogens with two attached hydrogens (primary N) is 2. The summed E-state index contributed by atoms with van der Waals surface area (Å²) in [6.45, 7) is 0. The molecule has 10 N–H and O–H groups in total. The molecule has 0 aliphatic carbocycles. The van der Waals surface area contributed by atoms with Gasteiger partial charge in [0.05, 0.1) is 44.4 Å². The number of nitrogen functional groups attached to an aromatic ring is 2. The van der Waals surface area contributed by atoms with Crippen LogP contribution in [0.15, 0.2) is 142 Å². The van der Waals surface area contributed by atoms with E-state index in [4.69, 9.17) is 11.5 Å². The summed E-state index contributed by atoms with van der Waals surface area (Å²) in [5.74, 6) is -1.13. The van der Waals surface area contributed by atoms with Crippen LogP contribution in [0.3, 0.4) is 0 Å². The van der Waals surface area contributed by atoms with E-state index in [1.165, 1.54) is 54.6 Å². The first-order valence-electron chi connectivity index (χ1n) is 16.2. The first-order chi connectivity index (χ1) is 28.1. The van der Waals surface area contributed by atoms with E-state index in [0.717, 1.165) is 30.3 Å². The van der Waals surface area contributed by atoms with Gasteiger partial charge in [-0.3, -0.25) is 23.8 Å². The van der Waals surface area contributed by atoms with Crippen molar-refractivity contribution >= 4 is 104 Å². The van der Waals surface area contributed by atoms with Crippen molar-refractivity contribution < 1.29 is 54.0 Å². The fourth-order valence-electron chi connectivity index (χ4n) is 5.36. The van der Waals surface area contributed by atoms with Crippen LogP contribution in [0.4, 0.5) is 62.6 Å². The second-order valence-electron chi connectivity index (χ2n) is 12.2. The summed E-state index contributed by atoms with van der Waals surface area (Å²) >= 11 is 0. The molecule has 6 rings (SSSR count). The molecule has 26 heteroatoms. The van der Waals surface area contributed by atoms with E-state index in [-0.39, 0.29) is 34.2 Å². The van der Waals surface area contributed by atoms with E-state index in [1.807, 2.05) is 0 Å². The third-order valence-electron chi connectivity index (χ3n) is 8.14. The van der Waals surface area contributed by atoms with E-state index in [1.54, 1.807) is 0 Å². The highest BCUT2D eigenvalue weighted by atomic mass is 32.2. The van der Waals surface area contributed by atoms with Gasteiger partial charge in [0, 0.05) is 23.9 Å². The lowest BCUT2D eigenvalue weighted by atomic mass is 10.1. The molecule has 6 aromatic rings. The molecule has 6 aromatic carbocycles. The largest absolute Gasteiger partial charge is 0.508 e. The van der Waals surface area contributed by atoms with Gasteiger partial charge in [-0.2, -0.15) is 40.6 Å². The molecule has 0 atom stereocenters. The van der Waals surface area contributed by atoms with E-state index >= 15 is 0 Å². The van der Waals surface area contributed by atoms with Crippen molar-refractivity contribution in [3.05, 3.63) is 107 Å². The number of hydrogen-bond acceptors (Lipinski definition) is 19. The van der Waals surface area contributed by atoms with Crippen molar-refractivity contribution in [2.75, 3.05) is 16.8 Å². The summed E-state index contributed by atoms with van der Waals surface area (Å²) in [7, 11) is -15.5. The lowest BCUT2D eigenvalue weighted by Crippen LogP contribution is -2.04. The topological polar surface area (TPSA) is 385 Å². The minimum Gasteiger partial charge on any atom is -0.508 e. The Hall–Kier alpha value is -7.49. The Labute approximate surface area is 337 Å². The lowest BCUT2D eigenvalue weighted by Gasteiger charge is -2.14. The van der Waals surface area contributed by atoms with Crippen LogP contribution in [-0.4, -0.2) is 54.0 Å². The highest BCUT2D eigenvalue weighted by Gasteiger charge is 2.28. The maximum atomic E-state index is 12.5. The zero-order chi connectivity index (χ0) is 43.7. The smallest absolute Gasteiger partial charge is 0.296 e. The number of rotatable bonds is 12. The van der Waals surface area contributed by atoms with Gasteiger partial charge < -0.3 is 27.0 Å². The minimum absolute atomic E-state index is 0.0503. The number of aromatic hydroxyl groups is 2. The Bertz CT molecular complexity index is 3160. The van der Waals surface area contributed by atoms with E-state index < -0.39 is 83.5 Å². The summed E-state index contributed by atoms with van der Waals surface area (Å²) in [5, 5.41) is 56.7. The standard InChI is InChI=1S/C34H26N10O13S3/c35-24-16-23(45)10-12-25(24)41-38-19-3-1-18(2-4-19)37-26-11-7-21(15-27(26)58(49,50)51)40-42-32-28(59(52,53)54)13-17-14-29(60(55,56)57)33(34(46)30(17)31(32)36)43-39-20-5-8-22(9-6-20)44(47)48/h1-16,37,45-46H,35-36H2,(H,49,50,51)(H,52,53,54)(H,55,56,57)/b41-38+,42-40+,43-39+.